The number of furan rings is 1. The molecule has 4 N–H and O–H groups in total. The predicted molar refractivity (Wildman–Crippen MR) is 112 cm³/mol. The van der Waals surface area contributed by atoms with Gasteiger partial charge in [0.05, 0.1) is 12.9 Å². The first kappa shape index (κ1) is 21.0. The van der Waals surface area contributed by atoms with Crippen LogP contribution in [0.2, 0.25) is 0 Å². The largest absolute Gasteiger partial charge is 0.464 e. The van der Waals surface area contributed by atoms with E-state index >= 15 is 0 Å². The van der Waals surface area contributed by atoms with Crippen LogP contribution in [0, 0.1) is 0 Å². The summed E-state index contributed by atoms with van der Waals surface area (Å²) in [7, 11) is 0. The van der Waals surface area contributed by atoms with Crippen molar-refractivity contribution in [3.05, 3.63) is 72.0 Å². The molecule has 6 unspecified atom stereocenters. The Morgan fingerprint density at radius 3 is 2.43 bits per heavy atom. The molecule has 160 valence electrons. The molecule has 0 saturated carbocycles. The van der Waals surface area contributed by atoms with Crippen molar-refractivity contribution in [2.45, 2.75) is 55.7 Å². The van der Waals surface area contributed by atoms with Gasteiger partial charge in [0, 0.05) is 16.9 Å². The highest BCUT2D eigenvalue weighted by Crippen LogP contribution is 2.51. The highest BCUT2D eigenvalue weighted by molar-refractivity contribution is 5.81. The van der Waals surface area contributed by atoms with E-state index in [9.17, 15) is 20.4 Å². The number of aliphatic hydroxyl groups excluding tert-OH is 4. The molecule has 1 aliphatic heterocycles. The molecule has 4 rings (SSSR count). The summed E-state index contributed by atoms with van der Waals surface area (Å²) in [6, 6.07) is 17.1. The smallest absolute Gasteiger partial charge is 0.140 e. The van der Waals surface area contributed by atoms with E-state index in [0.29, 0.717) is 17.6 Å². The van der Waals surface area contributed by atoms with Crippen molar-refractivity contribution in [3.63, 3.8) is 0 Å². The molecule has 0 amide bonds. The fraction of sp³-hybridized carbons (Fsp3) is 0.417. The highest BCUT2D eigenvalue weighted by Gasteiger charge is 2.58. The molecule has 0 aliphatic carbocycles. The van der Waals surface area contributed by atoms with Crippen LogP contribution < -0.4 is 0 Å². The standard InChI is InChI=1S/C24H28O6/c1-2-7-17(15-8-4-3-5-9-15)24(18-11-6-10-16-12-13-29-22(16)18)23(28)21(27)20(26)19(14-25)30-24/h3-6,8-13,17,19-21,23,25-28H,2,7,14H2,1H3. The van der Waals surface area contributed by atoms with Crippen LogP contribution in [-0.4, -0.2) is 51.4 Å². The van der Waals surface area contributed by atoms with Gasteiger partial charge in [0.1, 0.15) is 35.6 Å². The average molecular weight is 412 g/mol. The minimum absolute atomic E-state index is 0.356. The Kier molecular flexibility index (Phi) is 5.95. The molecule has 1 fully saturated rings. The quantitative estimate of drug-likeness (QED) is 0.496. The molecule has 3 aromatic rings. The molecule has 6 heteroatoms. The first-order valence-electron chi connectivity index (χ1n) is 10.4. The van der Waals surface area contributed by atoms with Gasteiger partial charge in [-0.3, -0.25) is 0 Å². The van der Waals surface area contributed by atoms with E-state index in [1.54, 1.807) is 6.26 Å². The van der Waals surface area contributed by atoms with E-state index < -0.39 is 36.6 Å². The summed E-state index contributed by atoms with van der Waals surface area (Å²) in [5, 5.41) is 43.4. The minimum atomic E-state index is -1.50. The van der Waals surface area contributed by atoms with Crippen LogP contribution in [-0.2, 0) is 10.3 Å². The highest BCUT2D eigenvalue weighted by atomic mass is 16.6. The third-order valence-electron chi connectivity index (χ3n) is 6.22. The Morgan fingerprint density at radius 2 is 1.73 bits per heavy atom. The topological polar surface area (TPSA) is 103 Å². The van der Waals surface area contributed by atoms with E-state index in [1.165, 1.54) is 0 Å². The van der Waals surface area contributed by atoms with Crippen LogP contribution in [0.3, 0.4) is 0 Å². The summed E-state index contributed by atoms with van der Waals surface area (Å²) >= 11 is 0. The second-order valence-corrected chi connectivity index (χ2v) is 7.95. The monoisotopic (exact) mass is 412 g/mol. The lowest BCUT2D eigenvalue weighted by Gasteiger charge is -2.52. The molecule has 0 spiro atoms. The summed E-state index contributed by atoms with van der Waals surface area (Å²) < 4.78 is 12.2. The summed E-state index contributed by atoms with van der Waals surface area (Å²) in [5.74, 6) is -0.356. The van der Waals surface area contributed by atoms with E-state index in [0.717, 1.165) is 17.4 Å². The maximum Gasteiger partial charge on any atom is 0.140 e. The average Bonchev–Trinajstić information content (AvgIpc) is 3.26. The van der Waals surface area contributed by atoms with Gasteiger partial charge in [-0.05, 0) is 18.1 Å². The zero-order valence-corrected chi connectivity index (χ0v) is 16.9. The molecule has 30 heavy (non-hydrogen) atoms. The fourth-order valence-corrected chi connectivity index (χ4v) is 4.80. The SMILES string of the molecule is CCCC(c1ccccc1)C1(c2cccc3ccoc23)OC(CO)C(O)C(O)C1O. The molecule has 6 atom stereocenters. The van der Waals surface area contributed by atoms with Gasteiger partial charge in [-0.2, -0.15) is 0 Å². The molecule has 0 radical (unpaired) electrons. The van der Waals surface area contributed by atoms with Gasteiger partial charge >= 0.3 is 0 Å². The fourth-order valence-electron chi connectivity index (χ4n) is 4.80. The summed E-state index contributed by atoms with van der Waals surface area (Å²) in [6.45, 7) is 1.55. The molecule has 1 saturated heterocycles. The lowest BCUT2D eigenvalue weighted by Crippen LogP contribution is -2.65. The van der Waals surface area contributed by atoms with Crippen LogP contribution in [0.15, 0.2) is 65.3 Å². The molecule has 6 nitrogen and oxygen atoms in total. The second-order valence-electron chi connectivity index (χ2n) is 7.95. The van der Waals surface area contributed by atoms with E-state index in [-0.39, 0.29) is 5.92 Å². The Morgan fingerprint density at radius 1 is 0.967 bits per heavy atom. The van der Waals surface area contributed by atoms with Crippen LogP contribution in [0.4, 0.5) is 0 Å². The predicted octanol–water partition coefficient (Wildman–Crippen LogP) is 2.69. The summed E-state index contributed by atoms with van der Waals surface area (Å²) in [4.78, 5) is 0. The number of hydrogen-bond acceptors (Lipinski definition) is 6. The van der Waals surface area contributed by atoms with Crippen molar-refractivity contribution in [2.75, 3.05) is 6.61 Å². The third kappa shape index (κ3) is 3.25. The van der Waals surface area contributed by atoms with Gasteiger partial charge in [-0.25, -0.2) is 0 Å². The minimum Gasteiger partial charge on any atom is -0.464 e. The van der Waals surface area contributed by atoms with Crippen molar-refractivity contribution < 1.29 is 29.6 Å². The number of ether oxygens (including phenoxy) is 1. The van der Waals surface area contributed by atoms with Crippen molar-refractivity contribution in [1.29, 1.82) is 0 Å². The molecule has 2 heterocycles. The maximum atomic E-state index is 11.4. The van der Waals surface area contributed by atoms with E-state index in [4.69, 9.17) is 9.15 Å². The number of rotatable bonds is 6. The number of para-hydroxylation sites is 1. The zero-order valence-electron chi connectivity index (χ0n) is 16.9. The van der Waals surface area contributed by atoms with Crippen molar-refractivity contribution in [2.24, 2.45) is 0 Å². The second kappa shape index (κ2) is 8.49. The van der Waals surface area contributed by atoms with Crippen molar-refractivity contribution in [3.8, 4) is 0 Å². The maximum absolute atomic E-state index is 11.4. The Hall–Kier alpha value is -2.22. The normalized spacial score (nSPS) is 30.4. The van der Waals surface area contributed by atoms with E-state index in [1.807, 2.05) is 61.5 Å². The Balaban J connectivity index is 2.01. The van der Waals surface area contributed by atoms with Crippen LogP contribution in [0.25, 0.3) is 11.0 Å². The molecule has 1 aromatic heterocycles. The molecule has 2 aromatic carbocycles. The zero-order chi connectivity index (χ0) is 21.3. The number of aliphatic hydroxyl groups is 4. The first-order chi connectivity index (χ1) is 14.5. The summed E-state index contributed by atoms with van der Waals surface area (Å²) in [5.41, 5.74) is 0.640. The Bertz CT molecular complexity index is 968. The Labute approximate surface area is 175 Å². The van der Waals surface area contributed by atoms with Gasteiger partial charge < -0.3 is 29.6 Å². The van der Waals surface area contributed by atoms with Crippen LogP contribution in [0.5, 0.6) is 0 Å². The first-order valence-corrected chi connectivity index (χ1v) is 10.4. The third-order valence-corrected chi connectivity index (χ3v) is 6.22. The van der Waals surface area contributed by atoms with Gasteiger partial charge in [0.15, 0.2) is 0 Å². The lowest BCUT2D eigenvalue weighted by molar-refractivity contribution is -0.287. The molecule has 1 aliphatic rings. The molecular weight excluding hydrogens is 384 g/mol. The van der Waals surface area contributed by atoms with Gasteiger partial charge in [-0.1, -0.05) is 61.9 Å². The van der Waals surface area contributed by atoms with Crippen molar-refractivity contribution in [1.82, 2.24) is 0 Å². The number of hydrogen-bond donors (Lipinski definition) is 4. The van der Waals surface area contributed by atoms with Gasteiger partial charge in [-0.15, -0.1) is 0 Å². The van der Waals surface area contributed by atoms with Gasteiger partial charge in [0.25, 0.3) is 0 Å². The lowest BCUT2D eigenvalue weighted by atomic mass is 9.67. The van der Waals surface area contributed by atoms with Crippen LogP contribution in [0.1, 0.15) is 36.8 Å². The van der Waals surface area contributed by atoms with Crippen molar-refractivity contribution >= 4 is 11.0 Å². The van der Waals surface area contributed by atoms with E-state index in [2.05, 4.69) is 0 Å². The molecular formula is C24H28O6. The van der Waals surface area contributed by atoms with Gasteiger partial charge in [0.2, 0.25) is 0 Å². The van der Waals surface area contributed by atoms with Crippen LogP contribution >= 0.6 is 0 Å². The number of fused-ring (bicyclic) bond motifs is 1. The molecule has 0 bridgehead atoms. The number of benzene rings is 2. The summed E-state index contributed by atoms with van der Waals surface area (Å²) in [6.07, 6.45) is -2.38.